The first-order valence-electron chi connectivity index (χ1n) is 6.03. The lowest BCUT2D eigenvalue weighted by Gasteiger charge is -2.12. The molecule has 0 amide bonds. The monoisotopic (exact) mass is 209 g/mol. The predicted molar refractivity (Wildman–Crippen MR) is 63.9 cm³/mol. The van der Waals surface area contributed by atoms with Gasteiger partial charge in [-0.3, -0.25) is 0 Å². The van der Waals surface area contributed by atoms with Crippen molar-refractivity contribution in [2.75, 3.05) is 6.54 Å². The summed E-state index contributed by atoms with van der Waals surface area (Å²) in [5.74, 6) is 0. The number of unbranched alkanes of at least 4 members (excludes halogenated alkanes) is 2. The third-order valence-electron chi connectivity index (χ3n) is 2.68. The topological polar surface area (TPSA) is 40.7 Å². The van der Waals surface area contributed by atoms with Crippen molar-refractivity contribution in [3.63, 3.8) is 0 Å². The first-order valence-corrected chi connectivity index (χ1v) is 6.03. The van der Waals surface area contributed by atoms with Crippen molar-refractivity contribution in [2.45, 2.75) is 52.0 Å². The Balaban J connectivity index is 1.99. The van der Waals surface area contributed by atoms with Crippen molar-refractivity contribution >= 4 is 0 Å². The largest absolute Gasteiger partial charge is 0.348 e. The maximum atomic E-state index is 4.00. The van der Waals surface area contributed by atoms with Gasteiger partial charge in [-0.2, -0.15) is 0 Å². The second kappa shape index (κ2) is 7.46. The molecule has 1 rings (SSSR count). The van der Waals surface area contributed by atoms with Gasteiger partial charge in [0.2, 0.25) is 0 Å². The summed E-state index contributed by atoms with van der Waals surface area (Å²) in [6.07, 6.45) is 9.96. The van der Waals surface area contributed by atoms with Crippen LogP contribution < -0.4 is 5.32 Å². The molecule has 3 nitrogen and oxygen atoms in total. The van der Waals surface area contributed by atoms with Crippen LogP contribution in [0.1, 0.15) is 45.2 Å². The smallest absolute Gasteiger partial charge is 0.0921 e. The molecule has 0 aliphatic rings. The highest BCUT2D eigenvalue weighted by atomic mass is 14.9. The van der Waals surface area contributed by atoms with Gasteiger partial charge in [-0.1, -0.05) is 26.2 Å². The average molecular weight is 209 g/mol. The molecular formula is C12H23N3. The number of rotatable bonds is 8. The highest BCUT2D eigenvalue weighted by Crippen LogP contribution is 2.02. The molecule has 3 heteroatoms. The van der Waals surface area contributed by atoms with E-state index in [0.29, 0.717) is 6.04 Å². The van der Waals surface area contributed by atoms with Gasteiger partial charge in [0.25, 0.3) is 0 Å². The zero-order valence-electron chi connectivity index (χ0n) is 9.92. The number of aromatic nitrogens is 2. The molecule has 0 aliphatic heterocycles. The Morgan fingerprint density at radius 3 is 3.00 bits per heavy atom. The summed E-state index contributed by atoms with van der Waals surface area (Å²) in [4.78, 5) is 7.11. The molecule has 0 saturated carbocycles. The van der Waals surface area contributed by atoms with E-state index >= 15 is 0 Å². The Hall–Kier alpha value is -0.830. The Morgan fingerprint density at radius 2 is 2.33 bits per heavy atom. The molecule has 0 aliphatic carbocycles. The lowest BCUT2D eigenvalue weighted by Crippen LogP contribution is -2.28. The van der Waals surface area contributed by atoms with E-state index in [1.807, 2.05) is 6.20 Å². The molecule has 2 N–H and O–H groups in total. The van der Waals surface area contributed by atoms with Gasteiger partial charge in [0.1, 0.15) is 0 Å². The van der Waals surface area contributed by atoms with Gasteiger partial charge in [0.15, 0.2) is 0 Å². The summed E-state index contributed by atoms with van der Waals surface area (Å²) < 4.78 is 0. The van der Waals surface area contributed by atoms with Gasteiger partial charge in [-0.05, 0) is 13.3 Å². The second-order valence-corrected chi connectivity index (χ2v) is 4.18. The minimum Gasteiger partial charge on any atom is -0.348 e. The molecule has 0 fully saturated rings. The first kappa shape index (κ1) is 12.2. The van der Waals surface area contributed by atoms with Crippen molar-refractivity contribution in [2.24, 2.45) is 0 Å². The molecule has 0 radical (unpaired) electrons. The standard InChI is InChI=1S/C12H23N3/c1-3-4-5-6-11(2)14-8-7-12-9-13-10-15-12/h9-11,14H,3-8H2,1-2H3,(H,13,15). The van der Waals surface area contributed by atoms with Gasteiger partial charge < -0.3 is 10.3 Å². The number of H-pyrrole nitrogens is 1. The van der Waals surface area contributed by atoms with E-state index in [9.17, 15) is 0 Å². The fourth-order valence-corrected chi connectivity index (χ4v) is 1.68. The Kier molecular flexibility index (Phi) is 6.09. The zero-order chi connectivity index (χ0) is 10.9. The molecule has 0 aromatic carbocycles. The van der Waals surface area contributed by atoms with E-state index in [0.717, 1.165) is 13.0 Å². The Bertz CT molecular complexity index is 231. The lowest BCUT2D eigenvalue weighted by molar-refractivity contribution is 0.490. The molecule has 86 valence electrons. The van der Waals surface area contributed by atoms with Crippen LogP contribution in [-0.2, 0) is 6.42 Å². The fraction of sp³-hybridized carbons (Fsp3) is 0.750. The molecule has 0 bridgehead atoms. The van der Waals surface area contributed by atoms with E-state index in [4.69, 9.17) is 0 Å². The maximum Gasteiger partial charge on any atom is 0.0921 e. The first-order chi connectivity index (χ1) is 7.33. The second-order valence-electron chi connectivity index (χ2n) is 4.18. The van der Waals surface area contributed by atoms with Gasteiger partial charge in [-0.25, -0.2) is 4.98 Å². The summed E-state index contributed by atoms with van der Waals surface area (Å²) >= 11 is 0. The molecule has 15 heavy (non-hydrogen) atoms. The minimum atomic E-state index is 0.638. The van der Waals surface area contributed by atoms with Gasteiger partial charge in [0, 0.05) is 30.9 Å². The summed E-state index contributed by atoms with van der Waals surface area (Å²) in [7, 11) is 0. The third-order valence-corrected chi connectivity index (χ3v) is 2.68. The summed E-state index contributed by atoms with van der Waals surface area (Å²) in [5, 5.41) is 3.53. The van der Waals surface area contributed by atoms with Crippen LogP contribution in [0.15, 0.2) is 12.5 Å². The molecule has 0 spiro atoms. The van der Waals surface area contributed by atoms with E-state index in [2.05, 4.69) is 29.1 Å². The van der Waals surface area contributed by atoms with Crippen LogP contribution in [0, 0.1) is 0 Å². The lowest BCUT2D eigenvalue weighted by atomic mass is 10.1. The molecular weight excluding hydrogens is 186 g/mol. The van der Waals surface area contributed by atoms with E-state index in [1.54, 1.807) is 6.33 Å². The molecule has 1 aromatic heterocycles. The van der Waals surface area contributed by atoms with Crippen LogP contribution in [0.2, 0.25) is 0 Å². The highest BCUT2D eigenvalue weighted by molar-refractivity contribution is 4.94. The van der Waals surface area contributed by atoms with E-state index in [-0.39, 0.29) is 0 Å². The number of aromatic amines is 1. The summed E-state index contributed by atoms with van der Waals surface area (Å²) in [6, 6.07) is 0.638. The van der Waals surface area contributed by atoms with Crippen LogP contribution in [0.25, 0.3) is 0 Å². The SMILES string of the molecule is CCCCCC(C)NCCc1cnc[nH]1. The zero-order valence-corrected chi connectivity index (χ0v) is 9.92. The summed E-state index contributed by atoms with van der Waals surface area (Å²) in [5.41, 5.74) is 1.21. The van der Waals surface area contributed by atoms with Crippen molar-refractivity contribution in [1.29, 1.82) is 0 Å². The van der Waals surface area contributed by atoms with Crippen LogP contribution in [-0.4, -0.2) is 22.6 Å². The Morgan fingerprint density at radius 1 is 1.47 bits per heavy atom. The molecule has 0 saturated heterocycles. The van der Waals surface area contributed by atoms with Crippen molar-refractivity contribution in [3.05, 3.63) is 18.2 Å². The normalized spacial score (nSPS) is 12.9. The number of hydrogen-bond acceptors (Lipinski definition) is 2. The van der Waals surface area contributed by atoms with Gasteiger partial charge >= 0.3 is 0 Å². The van der Waals surface area contributed by atoms with Crippen LogP contribution in [0.4, 0.5) is 0 Å². The summed E-state index contributed by atoms with van der Waals surface area (Å²) in [6.45, 7) is 5.55. The number of hydrogen-bond donors (Lipinski definition) is 2. The minimum absolute atomic E-state index is 0.638. The average Bonchev–Trinajstić information content (AvgIpc) is 2.71. The molecule has 1 aromatic rings. The highest BCUT2D eigenvalue weighted by Gasteiger charge is 2.00. The van der Waals surface area contributed by atoms with E-state index in [1.165, 1.54) is 31.4 Å². The predicted octanol–water partition coefficient (Wildman–Crippen LogP) is 2.51. The number of imidazole rings is 1. The van der Waals surface area contributed by atoms with Crippen molar-refractivity contribution in [1.82, 2.24) is 15.3 Å². The van der Waals surface area contributed by atoms with Crippen LogP contribution >= 0.6 is 0 Å². The van der Waals surface area contributed by atoms with Crippen molar-refractivity contribution < 1.29 is 0 Å². The van der Waals surface area contributed by atoms with E-state index < -0.39 is 0 Å². The van der Waals surface area contributed by atoms with Crippen LogP contribution in [0.3, 0.4) is 0 Å². The van der Waals surface area contributed by atoms with Crippen molar-refractivity contribution in [3.8, 4) is 0 Å². The number of nitrogens with one attached hydrogen (secondary N) is 2. The number of nitrogens with zero attached hydrogens (tertiary/aromatic N) is 1. The Labute approximate surface area is 92.7 Å². The quantitative estimate of drug-likeness (QED) is 0.646. The van der Waals surface area contributed by atoms with Gasteiger partial charge in [-0.15, -0.1) is 0 Å². The fourth-order valence-electron chi connectivity index (χ4n) is 1.68. The van der Waals surface area contributed by atoms with Crippen LogP contribution in [0.5, 0.6) is 0 Å². The van der Waals surface area contributed by atoms with Gasteiger partial charge in [0.05, 0.1) is 6.33 Å². The molecule has 1 unspecified atom stereocenters. The third kappa shape index (κ3) is 5.57. The maximum absolute atomic E-state index is 4.00. The molecule has 1 heterocycles. The molecule has 1 atom stereocenters.